The van der Waals surface area contributed by atoms with E-state index >= 15 is 0 Å². The molecule has 1 amide bonds. The molecule has 1 spiro atoms. The Bertz CT molecular complexity index is 684. The molecule has 30 heavy (non-hydrogen) atoms. The second-order valence-corrected chi connectivity index (χ2v) is 10.1. The summed E-state index contributed by atoms with van der Waals surface area (Å²) in [5, 5.41) is 10.6. The molecule has 1 unspecified atom stereocenters. The summed E-state index contributed by atoms with van der Waals surface area (Å²) in [6, 6.07) is 3.96. The van der Waals surface area contributed by atoms with Gasteiger partial charge in [0.2, 0.25) is 5.91 Å². The first-order valence-corrected chi connectivity index (χ1v) is 11.8. The zero-order valence-electron chi connectivity index (χ0n) is 18.5. The topological polar surface area (TPSA) is 59.9 Å². The number of likely N-dealkylation sites (N-methyl/N-ethyl adjacent to an activating group) is 1. The van der Waals surface area contributed by atoms with Crippen LogP contribution in [0.5, 0.6) is 0 Å². The van der Waals surface area contributed by atoms with E-state index < -0.39 is 6.10 Å². The Hall–Kier alpha value is -1.50. The molecule has 3 heterocycles. The molecule has 0 radical (unpaired) electrons. The van der Waals surface area contributed by atoms with Crippen molar-refractivity contribution in [3.05, 3.63) is 30.1 Å². The average molecular weight is 415 g/mol. The molecule has 1 N–H and O–H groups in total. The standard InChI is InChI=1S/C24H38N4O2/c1-26(15-21-7-4-10-25-14-21)18-23(30)28-17-22(29)13-24(19-28)8-11-27(12-9-24)16-20-5-2-3-6-20/h4,7,10,14,20,22,29H,2-3,5-6,8-9,11-13,15-19H2,1H3. The smallest absolute Gasteiger partial charge is 0.236 e. The van der Waals surface area contributed by atoms with Crippen LogP contribution in [-0.4, -0.2) is 83.1 Å². The lowest BCUT2D eigenvalue weighted by molar-refractivity contribution is -0.141. The molecule has 0 aromatic carbocycles. The van der Waals surface area contributed by atoms with Gasteiger partial charge in [-0.05, 0) is 75.2 Å². The van der Waals surface area contributed by atoms with E-state index in [4.69, 9.17) is 0 Å². The Kier molecular flexibility index (Phi) is 7.06. The van der Waals surface area contributed by atoms with E-state index in [0.717, 1.165) is 50.4 Å². The van der Waals surface area contributed by atoms with Crippen LogP contribution in [-0.2, 0) is 11.3 Å². The van der Waals surface area contributed by atoms with Gasteiger partial charge in [0.25, 0.3) is 0 Å². The van der Waals surface area contributed by atoms with E-state index in [1.807, 2.05) is 35.2 Å². The van der Waals surface area contributed by atoms with E-state index in [1.54, 1.807) is 6.20 Å². The van der Waals surface area contributed by atoms with E-state index in [2.05, 4.69) is 9.88 Å². The predicted molar refractivity (Wildman–Crippen MR) is 118 cm³/mol. The fourth-order valence-electron chi connectivity index (χ4n) is 5.86. The number of aliphatic hydroxyl groups is 1. The molecule has 1 atom stereocenters. The van der Waals surface area contributed by atoms with Crippen molar-refractivity contribution < 1.29 is 9.90 Å². The third-order valence-corrected chi connectivity index (χ3v) is 7.47. The minimum absolute atomic E-state index is 0.0986. The molecule has 6 nitrogen and oxygen atoms in total. The average Bonchev–Trinajstić information content (AvgIpc) is 3.23. The molecule has 6 heteroatoms. The maximum Gasteiger partial charge on any atom is 0.236 e. The van der Waals surface area contributed by atoms with Gasteiger partial charge in [0.1, 0.15) is 0 Å². The SMILES string of the molecule is CN(CC(=O)N1CC(O)CC2(CCN(CC3CCCC3)CC2)C1)Cc1cccnc1. The number of rotatable bonds is 6. The van der Waals surface area contributed by atoms with Crippen molar-refractivity contribution in [1.82, 2.24) is 19.7 Å². The number of hydrogen-bond acceptors (Lipinski definition) is 5. The van der Waals surface area contributed by atoms with Crippen LogP contribution in [0.25, 0.3) is 0 Å². The van der Waals surface area contributed by atoms with Gasteiger partial charge in [-0.1, -0.05) is 18.9 Å². The van der Waals surface area contributed by atoms with Crippen molar-refractivity contribution >= 4 is 5.91 Å². The fraction of sp³-hybridized carbons (Fsp3) is 0.750. The Morgan fingerprint density at radius 1 is 1.30 bits per heavy atom. The summed E-state index contributed by atoms with van der Waals surface area (Å²) >= 11 is 0. The normalized spacial score (nSPS) is 25.3. The molecular formula is C24H38N4O2. The van der Waals surface area contributed by atoms with Gasteiger partial charge in [0.05, 0.1) is 12.6 Å². The van der Waals surface area contributed by atoms with Gasteiger partial charge in [-0.15, -0.1) is 0 Å². The van der Waals surface area contributed by atoms with Gasteiger partial charge >= 0.3 is 0 Å². The van der Waals surface area contributed by atoms with Crippen molar-refractivity contribution in [2.75, 3.05) is 46.3 Å². The Balaban J connectivity index is 1.29. The summed E-state index contributed by atoms with van der Waals surface area (Å²) in [7, 11) is 1.97. The number of nitrogens with zero attached hydrogens (tertiary/aromatic N) is 4. The summed E-state index contributed by atoms with van der Waals surface area (Å²) in [5.41, 5.74) is 1.21. The van der Waals surface area contributed by atoms with Crippen LogP contribution in [0.4, 0.5) is 0 Å². The molecule has 0 bridgehead atoms. The summed E-state index contributed by atoms with van der Waals surface area (Å²) in [5.74, 6) is 1.03. The van der Waals surface area contributed by atoms with Gasteiger partial charge in [0.15, 0.2) is 0 Å². The van der Waals surface area contributed by atoms with E-state index in [1.165, 1.54) is 32.2 Å². The van der Waals surface area contributed by atoms with E-state index in [9.17, 15) is 9.90 Å². The quantitative estimate of drug-likeness (QED) is 0.775. The third-order valence-electron chi connectivity index (χ3n) is 7.47. The number of amides is 1. The molecule has 4 rings (SSSR count). The molecule has 2 saturated heterocycles. The maximum absolute atomic E-state index is 13.0. The summed E-state index contributed by atoms with van der Waals surface area (Å²) < 4.78 is 0. The highest BCUT2D eigenvalue weighted by Gasteiger charge is 2.43. The third kappa shape index (κ3) is 5.59. The number of likely N-dealkylation sites (tertiary alicyclic amines) is 2. The Labute approximate surface area is 181 Å². The second kappa shape index (κ2) is 9.75. The lowest BCUT2D eigenvalue weighted by Crippen LogP contribution is -2.56. The Morgan fingerprint density at radius 2 is 2.07 bits per heavy atom. The van der Waals surface area contributed by atoms with Crippen LogP contribution in [0.3, 0.4) is 0 Å². The van der Waals surface area contributed by atoms with Crippen molar-refractivity contribution in [2.24, 2.45) is 11.3 Å². The maximum atomic E-state index is 13.0. The molecule has 1 aromatic heterocycles. The van der Waals surface area contributed by atoms with Crippen molar-refractivity contribution in [1.29, 1.82) is 0 Å². The van der Waals surface area contributed by atoms with Crippen LogP contribution in [0, 0.1) is 11.3 Å². The van der Waals surface area contributed by atoms with Gasteiger partial charge < -0.3 is 14.9 Å². The number of aliphatic hydroxyl groups excluding tert-OH is 1. The van der Waals surface area contributed by atoms with Gasteiger partial charge in [-0.3, -0.25) is 14.7 Å². The van der Waals surface area contributed by atoms with Crippen LogP contribution in [0.1, 0.15) is 50.5 Å². The lowest BCUT2D eigenvalue weighted by atomic mass is 9.71. The lowest BCUT2D eigenvalue weighted by Gasteiger charge is -2.49. The van der Waals surface area contributed by atoms with Crippen LogP contribution in [0.2, 0.25) is 0 Å². The molecule has 1 aliphatic carbocycles. The number of hydrogen-bond donors (Lipinski definition) is 1. The number of piperidine rings is 2. The highest BCUT2D eigenvalue weighted by Crippen LogP contribution is 2.40. The number of aromatic nitrogens is 1. The zero-order chi connectivity index (χ0) is 21.0. The monoisotopic (exact) mass is 414 g/mol. The highest BCUT2D eigenvalue weighted by atomic mass is 16.3. The number of pyridine rings is 1. The number of carbonyl (C=O) groups excluding carboxylic acids is 1. The predicted octanol–water partition coefficient (Wildman–Crippen LogP) is 2.38. The van der Waals surface area contributed by atoms with Crippen molar-refractivity contribution in [3.8, 4) is 0 Å². The Morgan fingerprint density at radius 3 is 2.77 bits per heavy atom. The molecule has 2 aliphatic heterocycles. The van der Waals surface area contributed by atoms with Gasteiger partial charge in [-0.25, -0.2) is 0 Å². The number of carbonyl (C=O) groups is 1. The summed E-state index contributed by atoms with van der Waals surface area (Å²) in [6.45, 7) is 5.86. The summed E-state index contributed by atoms with van der Waals surface area (Å²) in [6.07, 6.45) is 11.9. The van der Waals surface area contributed by atoms with Crippen LogP contribution >= 0.6 is 0 Å². The van der Waals surface area contributed by atoms with Crippen molar-refractivity contribution in [3.63, 3.8) is 0 Å². The number of β-amino-alcohol motifs (C(OH)–C–C–N with tert-alkyl or cyclic N) is 1. The van der Waals surface area contributed by atoms with Gasteiger partial charge in [0, 0.05) is 38.6 Å². The minimum atomic E-state index is -0.396. The summed E-state index contributed by atoms with van der Waals surface area (Å²) in [4.78, 5) is 23.8. The van der Waals surface area contributed by atoms with Crippen LogP contribution in [0.15, 0.2) is 24.5 Å². The highest BCUT2D eigenvalue weighted by molar-refractivity contribution is 5.78. The molecule has 1 saturated carbocycles. The molecule has 3 fully saturated rings. The minimum Gasteiger partial charge on any atom is -0.391 e. The zero-order valence-corrected chi connectivity index (χ0v) is 18.5. The molecule has 3 aliphatic rings. The second-order valence-electron chi connectivity index (χ2n) is 10.1. The van der Waals surface area contributed by atoms with E-state index in [-0.39, 0.29) is 11.3 Å². The largest absolute Gasteiger partial charge is 0.391 e. The molecule has 1 aromatic rings. The van der Waals surface area contributed by atoms with Crippen LogP contribution < -0.4 is 0 Å². The molecular weight excluding hydrogens is 376 g/mol. The van der Waals surface area contributed by atoms with Crippen molar-refractivity contribution in [2.45, 2.75) is 57.6 Å². The molecule has 166 valence electrons. The first kappa shape index (κ1) is 21.7. The first-order chi connectivity index (χ1) is 14.5. The van der Waals surface area contributed by atoms with E-state index in [0.29, 0.717) is 19.6 Å². The fourth-order valence-corrected chi connectivity index (χ4v) is 5.86. The first-order valence-electron chi connectivity index (χ1n) is 11.8. The van der Waals surface area contributed by atoms with Gasteiger partial charge in [-0.2, -0.15) is 0 Å².